The summed E-state index contributed by atoms with van der Waals surface area (Å²) in [6.07, 6.45) is 14.6. The van der Waals surface area contributed by atoms with Gasteiger partial charge in [0, 0.05) is 12.1 Å². The molecule has 184 valence electrons. The predicted molar refractivity (Wildman–Crippen MR) is 127 cm³/mol. The van der Waals surface area contributed by atoms with Crippen molar-refractivity contribution in [1.29, 1.82) is 0 Å². The first-order valence-corrected chi connectivity index (χ1v) is 11.9. The Hall–Kier alpha value is -2.03. The number of nitrogens with zero attached hydrogens (tertiary/aromatic N) is 1. The van der Waals surface area contributed by atoms with Crippen molar-refractivity contribution in [1.82, 2.24) is 5.32 Å². The molecule has 0 aliphatic rings. The van der Waals surface area contributed by atoms with Crippen molar-refractivity contribution in [2.45, 2.75) is 96.1 Å². The van der Waals surface area contributed by atoms with Crippen molar-refractivity contribution in [3.8, 4) is 0 Å². The average molecular weight is 455 g/mol. The molecule has 0 unspecified atom stereocenters. The molecular weight excluding hydrogens is 412 g/mol. The molecule has 0 aliphatic carbocycles. The molecule has 0 aromatic heterocycles. The van der Waals surface area contributed by atoms with Gasteiger partial charge >= 0.3 is 0 Å². The van der Waals surface area contributed by atoms with Gasteiger partial charge < -0.3 is 20.6 Å². The van der Waals surface area contributed by atoms with Crippen molar-refractivity contribution in [2.24, 2.45) is 0 Å². The molecule has 0 bridgehead atoms. The van der Waals surface area contributed by atoms with Gasteiger partial charge in [0.05, 0.1) is 23.7 Å². The molecular formula is C24H42N2O6. The molecule has 1 aromatic carbocycles. The topological polar surface area (TPSA) is 133 Å². The van der Waals surface area contributed by atoms with E-state index in [2.05, 4.69) is 12.2 Å². The molecule has 1 rings (SSSR count). The van der Waals surface area contributed by atoms with E-state index in [0.29, 0.717) is 5.56 Å². The lowest BCUT2D eigenvalue weighted by Gasteiger charge is -2.22. The fraction of sp³-hybridized carbons (Fsp3) is 0.708. The molecule has 8 nitrogen and oxygen atoms in total. The molecule has 0 radical (unpaired) electrons. The number of non-ortho nitro benzene ring substituents is 1. The minimum atomic E-state index is -0.891. The maximum absolute atomic E-state index is 10.7. The summed E-state index contributed by atoms with van der Waals surface area (Å²) in [5, 5.41) is 40.8. The summed E-state index contributed by atoms with van der Waals surface area (Å²) in [5.74, 6) is 0. The largest absolute Gasteiger partial charge is 0.483 e. The van der Waals surface area contributed by atoms with E-state index in [0.717, 1.165) is 19.4 Å². The summed E-state index contributed by atoms with van der Waals surface area (Å²) in [7, 11) is 0. The molecule has 32 heavy (non-hydrogen) atoms. The number of aliphatic hydroxyl groups is 2. The number of nitro benzene ring substituents is 1. The van der Waals surface area contributed by atoms with Crippen LogP contribution < -0.4 is 5.32 Å². The number of nitro groups is 1. The Morgan fingerprint density at radius 1 is 0.938 bits per heavy atom. The Labute approximate surface area is 192 Å². The summed E-state index contributed by atoms with van der Waals surface area (Å²) in [6, 6.07) is 5.36. The van der Waals surface area contributed by atoms with Gasteiger partial charge in [0.1, 0.15) is 0 Å². The number of hydrogen-bond acceptors (Lipinski definition) is 6. The number of unbranched alkanes of at least 4 members (excludes halogenated alkanes) is 11. The molecule has 0 amide bonds. The lowest BCUT2D eigenvalue weighted by molar-refractivity contribution is -0.384. The standard InChI is InChI=1S/C23H40N2O4.CH2O2/c1-2-3-4-5-6-7-8-9-10-11-12-13-18-24-22(19-26)23(27)20-14-16-21(17-15-20)25(28)29;2-1-3/h14-17,22-24,26-27H,2-13,18-19H2,1H3;1H,(H,2,3)/t22-,23-;/m1./s1. The van der Waals surface area contributed by atoms with Crippen molar-refractivity contribution < 1.29 is 25.0 Å². The van der Waals surface area contributed by atoms with Gasteiger partial charge in [-0.15, -0.1) is 0 Å². The zero-order valence-electron chi connectivity index (χ0n) is 19.5. The summed E-state index contributed by atoms with van der Waals surface area (Å²) < 4.78 is 0. The van der Waals surface area contributed by atoms with E-state index in [9.17, 15) is 20.3 Å². The highest BCUT2D eigenvalue weighted by Gasteiger charge is 2.20. The lowest BCUT2D eigenvalue weighted by Crippen LogP contribution is -2.38. The number of aliphatic hydroxyl groups excluding tert-OH is 2. The fourth-order valence-electron chi connectivity index (χ4n) is 3.55. The third-order valence-corrected chi connectivity index (χ3v) is 5.46. The molecule has 0 heterocycles. The Morgan fingerprint density at radius 3 is 1.78 bits per heavy atom. The minimum absolute atomic E-state index is 0.00838. The van der Waals surface area contributed by atoms with Crippen LogP contribution >= 0.6 is 0 Å². The van der Waals surface area contributed by atoms with E-state index in [1.165, 1.54) is 88.5 Å². The van der Waals surface area contributed by atoms with Crippen LogP contribution in [0.2, 0.25) is 0 Å². The van der Waals surface area contributed by atoms with Crippen molar-refractivity contribution in [3.63, 3.8) is 0 Å². The predicted octanol–water partition coefficient (Wildman–Crippen LogP) is 4.98. The Balaban J connectivity index is 0.00000302. The first-order valence-electron chi connectivity index (χ1n) is 11.9. The summed E-state index contributed by atoms with van der Waals surface area (Å²) in [4.78, 5) is 18.6. The van der Waals surface area contributed by atoms with Gasteiger partial charge in [-0.3, -0.25) is 14.9 Å². The number of hydrogen-bond donors (Lipinski definition) is 4. The molecule has 0 saturated carbocycles. The zero-order valence-corrected chi connectivity index (χ0v) is 19.5. The molecule has 0 spiro atoms. The second-order valence-corrected chi connectivity index (χ2v) is 8.03. The summed E-state index contributed by atoms with van der Waals surface area (Å²) in [5.41, 5.74) is 0.558. The van der Waals surface area contributed by atoms with Crippen LogP contribution in [-0.4, -0.2) is 45.9 Å². The van der Waals surface area contributed by atoms with Crippen LogP contribution in [0.4, 0.5) is 5.69 Å². The van der Waals surface area contributed by atoms with Crippen LogP contribution in [0.1, 0.15) is 95.6 Å². The molecule has 1 aromatic rings. The minimum Gasteiger partial charge on any atom is -0.483 e. The van der Waals surface area contributed by atoms with E-state index in [4.69, 9.17) is 9.90 Å². The van der Waals surface area contributed by atoms with Gasteiger partial charge in [-0.25, -0.2) is 0 Å². The maximum Gasteiger partial charge on any atom is 0.290 e. The Bertz CT molecular complexity index is 582. The number of carboxylic acid groups (broad SMARTS) is 1. The molecule has 2 atom stereocenters. The Morgan fingerprint density at radius 2 is 1.38 bits per heavy atom. The van der Waals surface area contributed by atoms with E-state index in [1.807, 2.05) is 0 Å². The van der Waals surface area contributed by atoms with Crippen molar-refractivity contribution in [3.05, 3.63) is 39.9 Å². The highest BCUT2D eigenvalue weighted by atomic mass is 16.6. The number of benzene rings is 1. The number of rotatable bonds is 18. The van der Waals surface area contributed by atoms with Crippen LogP contribution in [0.15, 0.2) is 24.3 Å². The zero-order chi connectivity index (χ0) is 24.0. The monoisotopic (exact) mass is 454 g/mol. The van der Waals surface area contributed by atoms with Crippen LogP contribution in [0.25, 0.3) is 0 Å². The SMILES string of the molecule is CCCCCCCCCCCCCCN[C@H](CO)[C@H](O)c1ccc([N+](=O)[O-])cc1.O=CO. The average Bonchev–Trinajstić information content (AvgIpc) is 2.79. The highest BCUT2D eigenvalue weighted by molar-refractivity contribution is 5.34. The van der Waals surface area contributed by atoms with E-state index >= 15 is 0 Å². The lowest BCUT2D eigenvalue weighted by atomic mass is 10.0. The second-order valence-electron chi connectivity index (χ2n) is 8.03. The van der Waals surface area contributed by atoms with Gasteiger partial charge in [0.15, 0.2) is 0 Å². The third kappa shape index (κ3) is 14.9. The number of carbonyl (C=O) groups is 1. The molecule has 0 aliphatic heterocycles. The molecule has 8 heteroatoms. The van der Waals surface area contributed by atoms with E-state index < -0.39 is 17.1 Å². The molecule has 0 fully saturated rings. The van der Waals surface area contributed by atoms with Gasteiger partial charge in [0.25, 0.3) is 12.2 Å². The highest BCUT2D eigenvalue weighted by Crippen LogP contribution is 2.20. The fourth-order valence-corrected chi connectivity index (χ4v) is 3.55. The van der Waals surface area contributed by atoms with Gasteiger partial charge in [-0.2, -0.15) is 0 Å². The Kier molecular flexibility index (Phi) is 19.5. The maximum atomic E-state index is 10.7. The van der Waals surface area contributed by atoms with Crippen LogP contribution in [-0.2, 0) is 4.79 Å². The molecule has 0 saturated heterocycles. The number of nitrogens with one attached hydrogen (secondary N) is 1. The van der Waals surface area contributed by atoms with Crippen molar-refractivity contribution >= 4 is 12.2 Å². The van der Waals surface area contributed by atoms with Crippen LogP contribution in [0.3, 0.4) is 0 Å². The summed E-state index contributed by atoms with van der Waals surface area (Å²) in [6.45, 7) is 2.56. The van der Waals surface area contributed by atoms with Crippen LogP contribution in [0.5, 0.6) is 0 Å². The smallest absolute Gasteiger partial charge is 0.290 e. The van der Waals surface area contributed by atoms with Gasteiger partial charge in [0.2, 0.25) is 0 Å². The first kappa shape index (κ1) is 30.0. The molecule has 4 N–H and O–H groups in total. The first-order chi connectivity index (χ1) is 15.5. The quantitative estimate of drug-likeness (QED) is 0.106. The summed E-state index contributed by atoms with van der Waals surface area (Å²) >= 11 is 0. The van der Waals surface area contributed by atoms with Crippen LogP contribution in [0, 0.1) is 10.1 Å². The van der Waals surface area contributed by atoms with E-state index in [1.54, 1.807) is 0 Å². The van der Waals surface area contributed by atoms with Gasteiger partial charge in [-0.1, -0.05) is 77.6 Å². The van der Waals surface area contributed by atoms with Crippen molar-refractivity contribution in [2.75, 3.05) is 13.2 Å². The second kappa shape index (κ2) is 20.8. The van der Waals surface area contributed by atoms with E-state index in [-0.39, 0.29) is 18.8 Å². The third-order valence-electron chi connectivity index (χ3n) is 5.46. The normalized spacial score (nSPS) is 12.5. The van der Waals surface area contributed by atoms with Gasteiger partial charge in [-0.05, 0) is 30.7 Å².